The van der Waals surface area contributed by atoms with Gasteiger partial charge in [-0.25, -0.2) is 0 Å². The van der Waals surface area contributed by atoms with Gasteiger partial charge in [-0.1, -0.05) is 29.8 Å². The van der Waals surface area contributed by atoms with E-state index in [2.05, 4.69) is 54.7 Å². The molecule has 0 amide bonds. The second-order valence-electron chi connectivity index (χ2n) is 4.99. The van der Waals surface area contributed by atoms with Crippen LogP contribution in [0.15, 0.2) is 36.7 Å². The molecule has 102 valence electrons. The third-order valence-corrected chi connectivity index (χ3v) is 3.57. The molecule has 1 aromatic carbocycles. The lowest BCUT2D eigenvalue weighted by Crippen LogP contribution is -2.16. The second kappa shape index (κ2) is 6.53. The lowest BCUT2D eigenvalue weighted by molar-refractivity contribution is 0.548. The van der Waals surface area contributed by atoms with Crippen molar-refractivity contribution < 1.29 is 0 Å². The molecule has 19 heavy (non-hydrogen) atoms. The topological polar surface area (TPSA) is 29.9 Å². The first kappa shape index (κ1) is 13.8. The lowest BCUT2D eigenvalue weighted by atomic mass is 10.0. The SMILES string of the molecule is CCn1cc(C(CCc2ccc(C)cc2)NC)cn1. The second-order valence-corrected chi connectivity index (χ2v) is 4.99. The molecule has 0 saturated carbocycles. The van der Waals surface area contributed by atoms with Gasteiger partial charge in [0.1, 0.15) is 0 Å². The zero-order valence-electron chi connectivity index (χ0n) is 12.1. The lowest BCUT2D eigenvalue weighted by Gasteiger charge is -2.14. The third kappa shape index (κ3) is 3.67. The van der Waals surface area contributed by atoms with Crippen molar-refractivity contribution in [2.24, 2.45) is 0 Å². The fourth-order valence-corrected chi connectivity index (χ4v) is 2.28. The summed E-state index contributed by atoms with van der Waals surface area (Å²) in [7, 11) is 2.02. The van der Waals surface area contributed by atoms with Gasteiger partial charge in [0, 0.05) is 24.3 Å². The van der Waals surface area contributed by atoms with Gasteiger partial charge in [-0.2, -0.15) is 5.10 Å². The normalized spacial score (nSPS) is 12.6. The first-order chi connectivity index (χ1) is 9.22. The molecular weight excluding hydrogens is 234 g/mol. The molecule has 1 atom stereocenters. The van der Waals surface area contributed by atoms with Gasteiger partial charge in [0.15, 0.2) is 0 Å². The highest BCUT2D eigenvalue weighted by molar-refractivity contribution is 5.22. The Labute approximate surface area is 115 Å². The number of benzene rings is 1. The summed E-state index contributed by atoms with van der Waals surface area (Å²) in [6.07, 6.45) is 6.29. The summed E-state index contributed by atoms with van der Waals surface area (Å²) in [5.41, 5.74) is 3.99. The summed E-state index contributed by atoms with van der Waals surface area (Å²) < 4.78 is 1.98. The van der Waals surface area contributed by atoms with Crippen molar-refractivity contribution >= 4 is 0 Å². The van der Waals surface area contributed by atoms with Crippen LogP contribution in [0.2, 0.25) is 0 Å². The molecule has 1 aromatic heterocycles. The van der Waals surface area contributed by atoms with Crippen molar-refractivity contribution in [1.29, 1.82) is 0 Å². The molecule has 2 aromatic rings. The molecule has 1 unspecified atom stereocenters. The van der Waals surface area contributed by atoms with E-state index in [0.29, 0.717) is 6.04 Å². The predicted octanol–water partition coefficient (Wildman–Crippen LogP) is 3.10. The van der Waals surface area contributed by atoms with Crippen LogP contribution in [0.1, 0.15) is 36.1 Å². The smallest absolute Gasteiger partial charge is 0.0537 e. The van der Waals surface area contributed by atoms with Gasteiger partial charge in [0.25, 0.3) is 0 Å². The molecule has 0 aliphatic heterocycles. The zero-order valence-corrected chi connectivity index (χ0v) is 12.1. The standard InChI is InChI=1S/C16H23N3/c1-4-19-12-15(11-18-19)16(17-3)10-9-14-7-5-13(2)6-8-14/h5-8,11-12,16-17H,4,9-10H2,1-3H3. The van der Waals surface area contributed by atoms with Crippen molar-refractivity contribution in [3.05, 3.63) is 53.3 Å². The highest BCUT2D eigenvalue weighted by atomic mass is 15.3. The van der Waals surface area contributed by atoms with E-state index in [-0.39, 0.29) is 0 Å². The molecule has 0 aliphatic rings. The van der Waals surface area contributed by atoms with Gasteiger partial charge < -0.3 is 5.32 Å². The first-order valence-corrected chi connectivity index (χ1v) is 6.98. The van der Waals surface area contributed by atoms with E-state index in [1.54, 1.807) is 0 Å². The van der Waals surface area contributed by atoms with E-state index in [9.17, 15) is 0 Å². The predicted molar refractivity (Wildman–Crippen MR) is 79.2 cm³/mol. The van der Waals surface area contributed by atoms with Crippen LogP contribution in [-0.4, -0.2) is 16.8 Å². The summed E-state index contributed by atoms with van der Waals surface area (Å²) in [6, 6.07) is 9.17. The molecule has 0 radical (unpaired) electrons. The molecular formula is C16H23N3. The highest BCUT2D eigenvalue weighted by Crippen LogP contribution is 2.18. The molecule has 3 nitrogen and oxygen atoms in total. The van der Waals surface area contributed by atoms with E-state index in [1.165, 1.54) is 16.7 Å². The summed E-state index contributed by atoms with van der Waals surface area (Å²) in [5, 5.41) is 7.73. The zero-order chi connectivity index (χ0) is 13.7. The van der Waals surface area contributed by atoms with Crippen molar-refractivity contribution in [1.82, 2.24) is 15.1 Å². The van der Waals surface area contributed by atoms with E-state index in [4.69, 9.17) is 0 Å². The van der Waals surface area contributed by atoms with Gasteiger partial charge in [0.2, 0.25) is 0 Å². The largest absolute Gasteiger partial charge is 0.313 e. The van der Waals surface area contributed by atoms with Crippen LogP contribution < -0.4 is 5.32 Å². The molecule has 1 N–H and O–H groups in total. The van der Waals surface area contributed by atoms with Gasteiger partial charge >= 0.3 is 0 Å². The highest BCUT2D eigenvalue weighted by Gasteiger charge is 2.11. The molecule has 1 heterocycles. The van der Waals surface area contributed by atoms with Crippen molar-refractivity contribution in [3.63, 3.8) is 0 Å². The van der Waals surface area contributed by atoms with E-state index < -0.39 is 0 Å². The Kier molecular flexibility index (Phi) is 4.74. The quantitative estimate of drug-likeness (QED) is 0.861. The molecule has 0 aliphatic carbocycles. The Morgan fingerprint density at radius 1 is 1.26 bits per heavy atom. The molecule has 0 fully saturated rings. The summed E-state index contributed by atoms with van der Waals surface area (Å²) in [5.74, 6) is 0. The van der Waals surface area contributed by atoms with Crippen LogP contribution in [0.5, 0.6) is 0 Å². The fraction of sp³-hybridized carbons (Fsp3) is 0.438. The van der Waals surface area contributed by atoms with Crippen LogP contribution >= 0.6 is 0 Å². The number of nitrogens with one attached hydrogen (secondary N) is 1. The van der Waals surface area contributed by atoms with Crippen LogP contribution in [0.3, 0.4) is 0 Å². The Hall–Kier alpha value is -1.61. The van der Waals surface area contributed by atoms with E-state index in [1.807, 2.05) is 17.9 Å². The average molecular weight is 257 g/mol. The summed E-state index contributed by atoms with van der Waals surface area (Å²) in [6.45, 7) is 5.16. The Morgan fingerprint density at radius 3 is 2.58 bits per heavy atom. The van der Waals surface area contributed by atoms with Crippen molar-refractivity contribution in [2.75, 3.05) is 7.05 Å². The van der Waals surface area contributed by atoms with Crippen LogP contribution in [0.25, 0.3) is 0 Å². The Morgan fingerprint density at radius 2 is 2.00 bits per heavy atom. The molecule has 0 bridgehead atoms. The average Bonchev–Trinajstić information content (AvgIpc) is 2.90. The fourth-order valence-electron chi connectivity index (χ4n) is 2.28. The van der Waals surface area contributed by atoms with Gasteiger partial charge in [-0.15, -0.1) is 0 Å². The molecule has 3 heteroatoms. The maximum Gasteiger partial charge on any atom is 0.0537 e. The maximum absolute atomic E-state index is 4.35. The van der Waals surface area contributed by atoms with Crippen LogP contribution in [0, 0.1) is 6.92 Å². The number of aromatic nitrogens is 2. The Balaban J connectivity index is 1.97. The van der Waals surface area contributed by atoms with Gasteiger partial charge in [-0.3, -0.25) is 4.68 Å². The summed E-state index contributed by atoms with van der Waals surface area (Å²) in [4.78, 5) is 0. The Bertz CT molecular complexity index is 499. The molecule has 2 rings (SSSR count). The number of hydrogen-bond donors (Lipinski definition) is 1. The maximum atomic E-state index is 4.35. The summed E-state index contributed by atoms with van der Waals surface area (Å²) >= 11 is 0. The van der Waals surface area contributed by atoms with Crippen LogP contribution in [-0.2, 0) is 13.0 Å². The third-order valence-electron chi connectivity index (χ3n) is 3.57. The molecule has 0 spiro atoms. The van der Waals surface area contributed by atoms with Crippen molar-refractivity contribution in [3.8, 4) is 0 Å². The number of nitrogens with zero attached hydrogens (tertiary/aromatic N) is 2. The number of rotatable bonds is 6. The first-order valence-electron chi connectivity index (χ1n) is 6.98. The van der Waals surface area contributed by atoms with Crippen molar-refractivity contribution in [2.45, 2.75) is 39.3 Å². The van der Waals surface area contributed by atoms with Gasteiger partial charge in [0.05, 0.1) is 6.20 Å². The van der Waals surface area contributed by atoms with E-state index in [0.717, 1.165) is 19.4 Å². The number of aryl methyl sites for hydroxylation is 3. The number of hydrogen-bond acceptors (Lipinski definition) is 2. The minimum absolute atomic E-state index is 0.376. The monoisotopic (exact) mass is 257 g/mol. The van der Waals surface area contributed by atoms with Crippen LogP contribution in [0.4, 0.5) is 0 Å². The minimum atomic E-state index is 0.376. The minimum Gasteiger partial charge on any atom is -0.313 e. The van der Waals surface area contributed by atoms with E-state index >= 15 is 0 Å². The molecule has 0 saturated heterocycles. The van der Waals surface area contributed by atoms with Gasteiger partial charge in [-0.05, 0) is 39.3 Å².